The van der Waals surface area contributed by atoms with E-state index >= 15 is 0 Å². The van der Waals surface area contributed by atoms with Gasteiger partial charge in [0, 0.05) is 29.8 Å². The molecule has 20 heavy (non-hydrogen) atoms. The Labute approximate surface area is 127 Å². The van der Waals surface area contributed by atoms with E-state index in [1.165, 1.54) is 62.5 Å². The summed E-state index contributed by atoms with van der Waals surface area (Å²) in [6.07, 6.45) is 5.60. The van der Waals surface area contributed by atoms with Crippen molar-refractivity contribution in [1.82, 2.24) is 10.2 Å². The highest BCUT2D eigenvalue weighted by molar-refractivity contribution is 7.99. The van der Waals surface area contributed by atoms with E-state index in [-0.39, 0.29) is 0 Å². The highest BCUT2D eigenvalue weighted by Gasteiger charge is 2.30. The molecule has 0 spiro atoms. The second kappa shape index (κ2) is 7.48. The van der Waals surface area contributed by atoms with Crippen LogP contribution < -0.4 is 5.32 Å². The van der Waals surface area contributed by atoms with Crippen LogP contribution in [0.2, 0.25) is 0 Å². The first-order chi connectivity index (χ1) is 9.92. The molecular formula is C17H26N2S. The predicted molar refractivity (Wildman–Crippen MR) is 87.4 cm³/mol. The normalized spacial score (nSPS) is 20.4. The molecule has 1 heterocycles. The number of hydrogen-bond donors (Lipinski definition) is 1. The average Bonchev–Trinajstić information content (AvgIpc) is 3.33. The third-order valence-electron chi connectivity index (χ3n) is 4.41. The third kappa shape index (κ3) is 4.51. The fourth-order valence-corrected chi connectivity index (χ4v) is 3.97. The summed E-state index contributed by atoms with van der Waals surface area (Å²) < 4.78 is 0. The molecule has 1 aromatic rings. The van der Waals surface area contributed by atoms with Crippen LogP contribution >= 0.6 is 11.8 Å². The van der Waals surface area contributed by atoms with E-state index in [0.29, 0.717) is 0 Å². The molecule has 2 nitrogen and oxygen atoms in total. The molecule has 2 aliphatic rings. The van der Waals surface area contributed by atoms with Gasteiger partial charge in [0.1, 0.15) is 0 Å². The van der Waals surface area contributed by atoms with E-state index in [4.69, 9.17) is 0 Å². The number of hydrogen-bond acceptors (Lipinski definition) is 3. The van der Waals surface area contributed by atoms with Crippen molar-refractivity contribution in [2.24, 2.45) is 5.92 Å². The van der Waals surface area contributed by atoms with Crippen molar-refractivity contribution in [3.05, 3.63) is 30.3 Å². The summed E-state index contributed by atoms with van der Waals surface area (Å²) in [6, 6.07) is 11.7. The Morgan fingerprint density at radius 1 is 1.05 bits per heavy atom. The van der Waals surface area contributed by atoms with Crippen LogP contribution in [0.5, 0.6) is 0 Å². The maximum Gasteiger partial charge on any atom is 0.0108 e. The molecule has 0 amide bonds. The zero-order valence-corrected chi connectivity index (χ0v) is 13.1. The zero-order valence-electron chi connectivity index (χ0n) is 12.3. The lowest BCUT2D eigenvalue weighted by atomic mass is 9.97. The summed E-state index contributed by atoms with van der Waals surface area (Å²) >= 11 is 2.00. The van der Waals surface area contributed by atoms with Crippen LogP contribution in [0.3, 0.4) is 0 Å². The van der Waals surface area contributed by atoms with Gasteiger partial charge in [-0.3, -0.25) is 4.90 Å². The van der Waals surface area contributed by atoms with Gasteiger partial charge in [-0.2, -0.15) is 0 Å². The largest absolute Gasteiger partial charge is 0.317 e. The summed E-state index contributed by atoms with van der Waals surface area (Å²) in [5, 5.41) is 3.47. The minimum absolute atomic E-state index is 0.904. The SMILES string of the molecule is c1ccc(SCCN(CC2CCNCC2)C2CC2)cc1. The summed E-state index contributed by atoms with van der Waals surface area (Å²) in [5.74, 6) is 2.16. The van der Waals surface area contributed by atoms with Gasteiger partial charge in [-0.1, -0.05) is 18.2 Å². The zero-order chi connectivity index (χ0) is 13.6. The van der Waals surface area contributed by atoms with Crippen LogP contribution in [0, 0.1) is 5.92 Å². The van der Waals surface area contributed by atoms with E-state index in [1.54, 1.807) is 0 Å². The van der Waals surface area contributed by atoms with Crippen molar-refractivity contribution in [3.8, 4) is 0 Å². The van der Waals surface area contributed by atoms with Gasteiger partial charge in [0.15, 0.2) is 0 Å². The van der Waals surface area contributed by atoms with E-state index in [1.807, 2.05) is 11.8 Å². The van der Waals surface area contributed by atoms with Crippen LogP contribution in [0.15, 0.2) is 35.2 Å². The van der Waals surface area contributed by atoms with Gasteiger partial charge in [0.25, 0.3) is 0 Å². The first kappa shape index (κ1) is 14.4. The lowest BCUT2D eigenvalue weighted by Crippen LogP contribution is -2.38. The van der Waals surface area contributed by atoms with Crippen LogP contribution in [0.4, 0.5) is 0 Å². The molecule has 1 aromatic carbocycles. The first-order valence-corrected chi connectivity index (χ1v) is 9.03. The molecular weight excluding hydrogens is 264 g/mol. The maximum absolute atomic E-state index is 3.47. The van der Waals surface area contributed by atoms with Crippen molar-refractivity contribution < 1.29 is 0 Å². The van der Waals surface area contributed by atoms with Crippen molar-refractivity contribution in [2.45, 2.75) is 36.6 Å². The smallest absolute Gasteiger partial charge is 0.0108 e. The van der Waals surface area contributed by atoms with Crippen LogP contribution in [-0.2, 0) is 0 Å². The maximum atomic E-state index is 3.47. The third-order valence-corrected chi connectivity index (χ3v) is 5.40. The second-order valence-electron chi connectivity index (χ2n) is 6.08. The molecule has 1 N–H and O–H groups in total. The lowest BCUT2D eigenvalue weighted by Gasteiger charge is -2.30. The first-order valence-electron chi connectivity index (χ1n) is 8.04. The number of benzene rings is 1. The van der Waals surface area contributed by atoms with Crippen LogP contribution in [0.25, 0.3) is 0 Å². The Morgan fingerprint density at radius 2 is 1.80 bits per heavy atom. The topological polar surface area (TPSA) is 15.3 Å². The molecule has 1 aliphatic carbocycles. The summed E-state index contributed by atoms with van der Waals surface area (Å²) in [5.41, 5.74) is 0. The fourth-order valence-electron chi connectivity index (χ4n) is 3.06. The Hall–Kier alpha value is -0.510. The minimum Gasteiger partial charge on any atom is -0.317 e. The van der Waals surface area contributed by atoms with Crippen molar-refractivity contribution >= 4 is 11.8 Å². The Balaban J connectivity index is 1.42. The fraction of sp³-hybridized carbons (Fsp3) is 0.647. The molecule has 0 aromatic heterocycles. The van der Waals surface area contributed by atoms with Gasteiger partial charge in [-0.25, -0.2) is 0 Å². The van der Waals surface area contributed by atoms with Crippen LogP contribution in [-0.4, -0.2) is 42.9 Å². The Bertz CT molecular complexity index is 385. The number of rotatable bonds is 7. The van der Waals surface area contributed by atoms with Gasteiger partial charge in [-0.05, 0) is 56.8 Å². The minimum atomic E-state index is 0.904. The van der Waals surface area contributed by atoms with Gasteiger partial charge in [0.05, 0.1) is 0 Å². The van der Waals surface area contributed by atoms with Gasteiger partial charge in [0.2, 0.25) is 0 Å². The second-order valence-corrected chi connectivity index (χ2v) is 7.25. The van der Waals surface area contributed by atoms with Crippen molar-refractivity contribution in [1.29, 1.82) is 0 Å². The number of nitrogens with one attached hydrogen (secondary N) is 1. The lowest BCUT2D eigenvalue weighted by molar-refractivity contribution is 0.207. The molecule has 1 aliphatic heterocycles. The number of thioether (sulfide) groups is 1. The van der Waals surface area contributed by atoms with E-state index in [9.17, 15) is 0 Å². The molecule has 0 bridgehead atoms. The molecule has 0 radical (unpaired) electrons. The molecule has 2 fully saturated rings. The highest BCUT2D eigenvalue weighted by atomic mass is 32.2. The molecule has 3 rings (SSSR count). The van der Waals surface area contributed by atoms with E-state index < -0.39 is 0 Å². The molecule has 0 unspecified atom stereocenters. The van der Waals surface area contributed by atoms with Gasteiger partial charge in [-0.15, -0.1) is 11.8 Å². The molecule has 1 saturated heterocycles. The molecule has 3 heteroatoms. The van der Waals surface area contributed by atoms with E-state index in [0.717, 1.165) is 12.0 Å². The predicted octanol–water partition coefficient (Wildman–Crippen LogP) is 3.24. The van der Waals surface area contributed by atoms with Gasteiger partial charge < -0.3 is 5.32 Å². The average molecular weight is 290 g/mol. The Kier molecular flexibility index (Phi) is 5.40. The quantitative estimate of drug-likeness (QED) is 0.776. The molecule has 0 atom stereocenters. The number of piperidine rings is 1. The summed E-state index contributed by atoms with van der Waals surface area (Å²) in [4.78, 5) is 4.18. The molecule has 110 valence electrons. The van der Waals surface area contributed by atoms with Crippen molar-refractivity contribution in [3.63, 3.8) is 0 Å². The van der Waals surface area contributed by atoms with Crippen molar-refractivity contribution in [2.75, 3.05) is 31.9 Å². The Morgan fingerprint density at radius 3 is 2.50 bits per heavy atom. The summed E-state index contributed by atoms with van der Waals surface area (Å²) in [7, 11) is 0. The monoisotopic (exact) mass is 290 g/mol. The van der Waals surface area contributed by atoms with Gasteiger partial charge >= 0.3 is 0 Å². The summed E-state index contributed by atoms with van der Waals surface area (Å²) in [6.45, 7) is 5.04. The van der Waals surface area contributed by atoms with Crippen LogP contribution in [0.1, 0.15) is 25.7 Å². The standard InChI is InChI=1S/C17H26N2S/c1-2-4-17(5-3-1)20-13-12-19(16-6-7-16)14-15-8-10-18-11-9-15/h1-5,15-16,18H,6-14H2. The van der Waals surface area contributed by atoms with E-state index in [2.05, 4.69) is 40.5 Å². The number of nitrogens with zero attached hydrogens (tertiary/aromatic N) is 1. The molecule has 1 saturated carbocycles. The highest BCUT2D eigenvalue weighted by Crippen LogP contribution is 2.29.